The summed E-state index contributed by atoms with van der Waals surface area (Å²) in [6.07, 6.45) is 1.95. The van der Waals surface area contributed by atoms with E-state index in [0.29, 0.717) is 35.7 Å². The molecule has 0 bridgehead atoms. The van der Waals surface area contributed by atoms with Crippen molar-refractivity contribution >= 4 is 10.9 Å². The first-order chi connectivity index (χ1) is 9.24. The Hall–Kier alpha value is -1.72. The topological polar surface area (TPSA) is 78.0 Å². The molecule has 0 amide bonds. The maximum Gasteiger partial charge on any atom is 0.258 e. The molecule has 1 aromatic carbocycles. The molecule has 1 atom stereocenters. The van der Waals surface area contributed by atoms with Crippen LogP contribution in [0.1, 0.15) is 18.7 Å². The molecule has 1 heterocycles. The maximum absolute atomic E-state index is 11.8. The monoisotopic (exact) mass is 259 g/mol. The Bertz CT molecular complexity index is 634. The number of aromatic amines is 1. The van der Waals surface area contributed by atoms with Gasteiger partial charge in [0.05, 0.1) is 23.6 Å². The van der Waals surface area contributed by atoms with Crippen LogP contribution < -0.4 is 10.9 Å². The highest BCUT2D eigenvalue weighted by molar-refractivity contribution is 5.77. The highest BCUT2D eigenvalue weighted by atomic mass is 16.3. The van der Waals surface area contributed by atoms with Crippen LogP contribution in [0.2, 0.25) is 0 Å². The number of hydrogen-bond acceptors (Lipinski definition) is 4. The third kappa shape index (κ3) is 2.83. The van der Waals surface area contributed by atoms with Gasteiger partial charge in [0.1, 0.15) is 5.82 Å². The predicted molar refractivity (Wildman–Crippen MR) is 72.8 cm³/mol. The first-order valence-electron chi connectivity index (χ1n) is 6.61. The highest BCUT2D eigenvalue weighted by Crippen LogP contribution is 2.32. The summed E-state index contributed by atoms with van der Waals surface area (Å²) >= 11 is 0. The lowest BCUT2D eigenvalue weighted by molar-refractivity contribution is 0.148. The Morgan fingerprint density at radius 2 is 2.21 bits per heavy atom. The van der Waals surface area contributed by atoms with E-state index in [2.05, 4.69) is 15.3 Å². The molecular formula is C14H17N3O2. The van der Waals surface area contributed by atoms with E-state index in [1.54, 1.807) is 6.07 Å². The number of H-pyrrole nitrogens is 1. The third-order valence-corrected chi connectivity index (χ3v) is 3.47. The fourth-order valence-corrected chi connectivity index (χ4v) is 2.20. The zero-order valence-electron chi connectivity index (χ0n) is 10.6. The number of para-hydroxylation sites is 1. The zero-order chi connectivity index (χ0) is 13.2. The van der Waals surface area contributed by atoms with Crippen LogP contribution in [0.3, 0.4) is 0 Å². The predicted octanol–water partition coefficient (Wildman–Crippen LogP) is 0.784. The van der Waals surface area contributed by atoms with E-state index >= 15 is 0 Å². The van der Waals surface area contributed by atoms with Gasteiger partial charge in [-0.2, -0.15) is 0 Å². The summed E-state index contributed by atoms with van der Waals surface area (Å²) in [5.41, 5.74) is 0.580. The fraction of sp³-hybridized carbons (Fsp3) is 0.429. The van der Waals surface area contributed by atoms with Crippen molar-refractivity contribution in [3.05, 3.63) is 40.4 Å². The molecule has 3 N–H and O–H groups in total. The SMILES string of the molecule is O=c1[nH]c(CNCC(O)C2CC2)nc2ccccc12. The van der Waals surface area contributed by atoms with E-state index in [4.69, 9.17) is 0 Å². The van der Waals surface area contributed by atoms with E-state index in [1.807, 2.05) is 18.2 Å². The molecule has 0 saturated heterocycles. The smallest absolute Gasteiger partial charge is 0.258 e. The quantitative estimate of drug-likeness (QED) is 0.741. The minimum absolute atomic E-state index is 0.120. The van der Waals surface area contributed by atoms with E-state index in [9.17, 15) is 9.90 Å². The van der Waals surface area contributed by atoms with Gasteiger partial charge in [-0.1, -0.05) is 12.1 Å². The first-order valence-corrected chi connectivity index (χ1v) is 6.61. The molecule has 1 unspecified atom stereocenters. The number of fused-ring (bicyclic) bond motifs is 1. The van der Waals surface area contributed by atoms with Crippen molar-refractivity contribution in [2.45, 2.75) is 25.5 Å². The van der Waals surface area contributed by atoms with E-state index < -0.39 is 0 Å². The molecule has 100 valence electrons. The van der Waals surface area contributed by atoms with Gasteiger partial charge in [-0.05, 0) is 30.9 Å². The lowest BCUT2D eigenvalue weighted by Gasteiger charge is -2.10. The molecule has 1 saturated carbocycles. The minimum Gasteiger partial charge on any atom is -0.392 e. The van der Waals surface area contributed by atoms with Crippen LogP contribution in [0.15, 0.2) is 29.1 Å². The van der Waals surface area contributed by atoms with Crippen LogP contribution in [0, 0.1) is 5.92 Å². The summed E-state index contributed by atoms with van der Waals surface area (Å²) in [7, 11) is 0. The number of rotatable bonds is 5. The van der Waals surface area contributed by atoms with Crippen molar-refractivity contribution in [3.8, 4) is 0 Å². The first kappa shape index (κ1) is 12.3. The van der Waals surface area contributed by atoms with Gasteiger partial charge in [0.15, 0.2) is 0 Å². The summed E-state index contributed by atoms with van der Waals surface area (Å²) in [5.74, 6) is 1.06. The number of nitrogens with zero attached hydrogens (tertiary/aromatic N) is 1. The van der Waals surface area contributed by atoms with Gasteiger partial charge in [-0.3, -0.25) is 4.79 Å². The standard InChI is InChI=1S/C14H17N3O2/c18-12(9-5-6-9)7-15-8-13-16-11-4-2-1-3-10(11)14(19)17-13/h1-4,9,12,15,18H,5-8H2,(H,16,17,19). The number of aliphatic hydroxyl groups is 1. The molecule has 0 radical (unpaired) electrons. The largest absolute Gasteiger partial charge is 0.392 e. The van der Waals surface area contributed by atoms with Crippen LogP contribution in [-0.2, 0) is 6.54 Å². The summed E-state index contributed by atoms with van der Waals surface area (Å²) < 4.78 is 0. The molecule has 2 aromatic rings. The molecule has 1 aromatic heterocycles. The number of nitrogens with one attached hydrogen (secondary N) is 2. The van der Waals surface area contributed by atoms with Gasteiger partial charge >= 0.3 is 0 Å². The third-order valence-electron chi connectivity index (χ3n) is 3.47. The van der Waals surface area contributed by atoms with Crippen molar-refractivity contribution in [3.63, 3.8) is 0 Å². The number of aromatic nitrogens is 2. The second-order valence-corrected chi connectivity index (χ2v) is 5.07. The van der Waals surface area contributed by atoms with Crippen LogP contribution in [-0.4, -0.2) is 27.7 Å². The van der Waals surface area contributed by atoms with Gasteiger partial charge in [-0.25, -0.2) is 4.98 Å². The van der Waals surface area contributed by atoms with Gasteiger partial charge in [0.25, 0.3) is 5.56 Å². The summed E-state index contributed by atoms with van der Waals surface area (Å²) in [5, 5.41) is 13.5. The minimum atomic E-state index is -0.285. The van der Waals surface area contributed by atoms with E-state index in [-0.39, 0.29) is 11.7 Å². The van der Waals surface area contributed by atoms with E-state index in [1.165, 1.54) is 0 Å². The lowest BCUT2D eigenvalue weighted by atomic mass is 10.2. The fourth-order valence-electron chi connectivity index (χ4n) is 2.20. The molecular weight excluding hydrogens is 242 g/mol. The van der Waals surface area contributed by atoms with Gasteiger partial charge in [-0.15, -0.1) is 0 Å². The van der Waals surface area contributed by atoms with Crippen LogP contribution in [0.4, 0.5) is 0 Å². The van der Waals surface area contributed by atoms with Crippen molar-refractivity contribution < 1.29 is 5.11 Å². The normalized spacial score (nSPS) is 16.7. The Labute approximate surface area is 110 Å². The lowest BCUT2D eigenvalue weighted by Crippen LogP contribution is -2.29. The van der Waals surface area contributed by atoms with Gasteiger partial charge in [0, 0.05) is 6.54 Å². The van der Waals surface area contributed by atoms with Gasteiger partial charge in [0.2, 0.25) is 0 Å². The summed E-state index contributed by atoms with van der Waals surface area (Å²) in [6.45, 7) is 1.01. The van der Waals surface area contributed by atoms with Crippen LogP contribution in [0.5, 0.6) is 0 Å². The molecule has 19 heavy (non-hydrogen) atoms. The summed E-state index contributed by atoms with van der Waals surface area (Å²) in [6, 6.07) is 7.27. The van der Waals surface area contributed by atoms with E-state index in [0.717, 1.165) is 12.8 Å². The molecule has 1 fully saturated rings. The Kier molecular flexibility index (Phi) is 3.31. The Morgan fingerprint density at radius 3 is 3.00 bits per heavy atom. The average Bonchev–Trinajstić information content (AvgIpc) is 3.23. The maximum atomic E-state index is 11.8. The zero-order valence-corrected chi connectivity index (χ0v) is 10.6. The summed E-state index contributed by atoms with van der Waals surface area (Å²) in [4.78, 5) is 19.0. The van der Waals surface area contributed by atoms with Crippen LogP contribution in [0.25, 0.3) is 10.9 Å². The molecule has 3 rings (SSSR count). The number of benzene rings is 1. The van der Waals surface area contributed by atoms with Crippen molar-refractivity contribution in [2.75, 3.05) is 6.54 Å². The molecule has 5 heteroatoms. The van der Waals surface area contributed by atoms with Crippen molar-refractivity contribution in [2.24, 2.45) is 5.92 Å². The second kappa shape index (κ2) is 5.11. The second-order valence-electron chi connectivity index (χ2n) is 5.07. The molecule has 0 aliphatic heterocycles. The molecule has 0 spiro atoms. The van der Waals surface area contributed by atoms with Crippen molar-refractivity contribution in [1.29, 1.82) is 0 Å². The van der Waals surface area contributed by atoms with Crippen molar-refractivity contribution in [1.82, 2.24) is 15.3 Å². The number of aliphatic hydroxyl groups excluding tert-OH is 1. The Balaban J connectivity index is 1.69. The van der Waals surface area contributed by atoms with Gasteiger partial charge < -0.3 is 15.4 Å². The highest BCUT2D eigenvalue weighted by Gasteiger charge is 2.29. The average molecular weight is 259 g/mol. The molecule has 1 aliphatic rings. The number of hydrogen-bond donors (Lipinski definition) is 3. The Morgan fingerprint density at radius 1 is 1.42 bits per heavy atom. The molecule has 1 aliphatic carbocycles. The van der Waals surface area contributed by atoms with Crippen LogP contribution >= 0.6 is 0 Å². The molecule has 5 nitrogen and oxygen atoms in total.